The maximum atomic E-state index is 12.8. The van der Waals surface area contributed by atoms with Crippen LogP contribution in [0, 0.1) is 0 Å². The number of piperazine rings is 1. The maximum Gasteiger partial charge on any atom is 0.289 e. The Morgan fingerprint density at radius 3 is 2.53 bits per heavy atom. The van der Waals surface area contributed by atoms with Crippen LogP contribution in [0.2, 0.25) is 5.02 Å². The first-order valence-electron chi connectivity index (χ1n) is 9.80. The van der Waals surface area contributed by atoms with Crippen molar-refractivity contribution < 1.29 is 13.9 Å². The fourth-order valence-corrected chi connectivity index (χ4v) is 3.89. The first-order chi connectivity index (χ1) is 14.6. The molecule has 0 atom stereocenters. The Balaban J connectivity index is 1.27. The lowest BCUT2D eigenvalue weighted by Crippen LogP contribution is -2.48. The van der Waals surface area contributed by atoms with E-state index in [1.807, 2.05) is 47.4 Å². The number of benzene rings is 2. The van der Waals surface area contributed by atoms with Crippen molar-refractivity contribution in [2.45, 2.75) is 13.2 Å². The number of hydrogen-bond acceptors (Lipinski definition) is 4. The topological polar surface area (TPSA) is 45.9 Å². The number of nitrogens with zero attached hydrogens (tertiary/aromatic N) is 2. The molecule has 0 unspecified atom stereocenters. The van der Waals surface area contributed by atoms with E-state index in [1.165, 1.54) is 5.56 Å². The number of ether oxygens (including phenoxy) is 1. The van der Waals surface area contributed by atoms with Crippen molar-refractivity contribution in [2.24, 2.45) is 0 Å². The third-order valence-corrected chi connectivity index (χ3v) is 5.79. The second-order valence-corrected chi connectivity index (χ2v) is 8.56. The lowest BCUT2D eigenvalue weighted by atomic mass is 10.2. The molecule has 0 N–H and O–H groups in total. The van der Waals surface area contributed by atoms with Crippen LogP contribution in [0.25, 0.3) is 0 Å². The van der Waals surface area contributed by atoms with Crippen LogP contribution in [0.1, 0.15) is 21.9 Å². The van der Waals surface area contributed by atoms with E-state index in [2.05, 4.69) is 26.9 Å². The molecule has 4 rings (SSSR count). The predicted molar refractivity (Wildman–Crippen MR) is 120 cm³/mol. The first-order valence-corrected chi connectivity index (χ1v) is 11.0. The number of carbonyl (C=O) groups excluding carboxylic acids is 1. The second kappa shape index (κ2) is 9.69. The van der Waals surface area contributed by atoms with Crippen LogP contribution in [-0.2, 0) is 13.2 Å². The summed E-state index contributed by atoms with van der Waals surface area (Å²) < 4.78 is 12.4. The standard InChI is InChI=1S/C23H22BrClN2O3/c24-18-4-6-20(7-5-18)29-16-21-8-9-22(30-21)23(28)27-12-10-26(11-13-27)15-17-2-1-3-19(25)14-17/h1-9,14H,10-13,15-16H2. The Bertz CT molecular complexity index is 998. The Labute approximate surface area is 189 Å². The average Bonchev–Trinajstić information content (AvgIpc) is 3.22. The zero-order valence-corrected chi connectivity index (χ0v) is 18.7. The summed E-state index contributed by atoms with van der Waals surface area (Å²) in [6.45, 7) is 4.09. The highest BCUT2D eigenvalue weighted by Gasteiger charge is 2.24. The van der Waals surface area contributed by atoms with Crippen LogP contribution < -0.4 is 4.74 Å². The third-order valence-electron chi connectivity index (χ3n) is 5.02. The molecule has 1 aliphatic heterocycles. The van der Waals surface area contributed by atoms with Gasteiger partial charge in [0.25, 0.3) is 5.91 Å². The average molecular weight is 490 g/mol. The van der Waals surface area contributed by atoms with Crippen molar-refractivity contribution in [2.75, 3.05) is 26.2 Å². The number of amides is 1. The number of furan rings is 1. The summed E-state index contributed by atoms with van der Waals surface area (Å²) >= 11 is 9.46. The minimum atomic E-state index is -0.0766. The maximum absolute atomic E-state index is 12.8. The molecule has 30 heavy (non-hydrogen) atoms. The van der Waals surface area contributed by atoms with Gasteiger partial charge in [-0.05, 0) is 54.1 Å². The zero-order valence-electron chi connectivity index (χ0n) is 16.4. The molecule has 0 bridgehead atoms. The Morgan fingerprint density at radius 2 is 1.80 bits per heavy atom. The molecule has 1 aliphatic rings. The molecule has 1 saturated heterocycles. The Hall–Kier alpha value is -2.28. The summed E-state index contributed by atoms with van der Waals surface area (Å²) in [7, 11) is 0. The molecule has 0 saturated carbocycles. The van der Waals surface area contributed by atoms with Gasteiger partial charge in [0, 0.05) is 42.2 Å². The monoisotopic (exact) mass is 488 g/mol. The van der Waals surface area contributed by atoms with Gasteiger partial charge in [-0.25, -0.2) is 0 Å². The summed E-state index contributed by atoms with van der Waals surface area (Å²) in [5, 5.41) is 0.749. The summed E-state index contributed by atoms with van der Waals surface area (Å²) in [6.07, 6.45) is 0. The van der Waals surface area contributed by atoms with Gasteiger partial charge in [-0.3, -0.25) is 9.69 Å². The van der Waals surface area contributed by atoms with Crippen molar-refractivity contribution in [3.63, 3.8) is 0 Å². The van der Waals surface area contributed by atoms with Gasteiger partial charge in [-0.15, -0.1) is 0 Å². The smallest absolute Gasteiger partial charge is 0.289 e. The van der Waals surface area contributed by atoms with Gasteiger partial charge in [0.1, 0.15) is 18.1 Å². The highest BCUT2D eigenvalue weighted by atomic mass is 79.9. The van der Waals surface area contributed by atoms with Gasteiger partial charge < -0.3 is 14.1 Å². The van der Waals surface area contributed by atoms with E-state index < -0.39 is 0 Å². The van der Waals surface area contributed by atoms with Gasteiger partial charge in [-0.1, -0.05) is 39.7 Å². The highest BCUT2D eigenvalue weighted by molar-refractivity contribution is 9.10. The summed E-state index contributed by atoms with van der Waals surface area (Å²) in [4.78, 5) is 17.0. The quantitative estimate of drug-likeness (QED) is 0.475. The van der Waals surface area contributed by atoms with Crippen molar-refractivity contribution in [3.8, 4) is 5.75 Å². The minimum absolute atomic E-state index is 0.0766. The van der Waals surface area contributed by atoms with Gasteiger partial charge in [0.15, 0.2) is 5.76 Å². The van der Waals surface area contributed by atoms with Crippen LogP contribution in [0.4, 0.5) is 0 Å². The lowest BCUT2D eigenvalue weighted by Gasteiger charge is -2.34. The molecule has 1 amide bonds. The van der Waals surface area contributed by atoms with Crippen molar-refractivity contribution >= 4 is 33.4 Å². The largest absolute Gasteiger partial charge is 0.486 e. The summed E-state index contributed by atoms with van der Waals surface area (Å²) in [5.41, 5.74) is 1.18. The van der Waals surface area contributed by atoms with Gasteiger partial charge >= 0.3 is 0 Å². The van der Waals surface area contributed by atoms with Crippen molar-refractivity contribution in [1.29, 1.82) is 0 Å². The van der Waals surface area contributed by atoms with Crippen molar-refractivity contribution in [3.05, 3.63) is 87.2 Å². The molecule has 7 heteroatoms. The molecule has 0 spiro atoms. The van der Waals surface area contributed by atoms with E-state index in [4.69, 9.17) is 20.8 Å². The third kappa shape index (κ3) is 5.45. The molecular formula is C23H22BrClN2O3. The van der Waals surface area contributed by atoms with Crippen molar-refractivity contribution in [1.82, 2.24) is 9.80 Å². The molecule has 5 nitrogen and oxygen atoms in total. The molecule has 3 aromatic rings. The predicted octanol–water partition coefficient (Wildman–Crippen LogP) is 5.23. The van der Waals surface area contributed by atoms with E-state index in [0.29, 0.717) is 24.6 Å². The van der Waals surface area contributed by atoms with Crippen LogP contribution in [-0.4, -0.2) is 41.9 Å². The van der Waals surface area contributed by atoms with Crippen LogP contribution >= 0.6 is 27.5 Å². The number of halogens is 2. The number of hydrogen-bond donors (Lipinski definition) is 0. The minimum Gasteiger partial charge on any atom is -0.486 e. The van der Waals surface area contributed by atoms with Crippen LogP contribution in [0.15, 0.2) is 69.6 Å². The molecule has 156 valence electrons. The molecule has 1 aromatic heterocycles. The Kier molecular flexibility index (Phi) is 6.77. The molecule has 2 heterocycles. The molecule has 0 radical (unpaired) electrons. The molecular weight excluding hydrogens is 468 g/mol. The number of rotatable bonds is 6. The van der Waals surface area contributed by atoms with E-state index in [1.54, 1.807) is 12.1 Å². The van der Waals surface area contributed by atoms with Gasteiger partial charge in [0.05, 0.1) is 0 Å². The van der Waals surface area contributed by atoms with Gasteiger partial charge in [0.2, 0.25) is 0 Å². The van der Waals surface area contributed by atoms with Crippen LogP contribution in [0.3, 0.4) is 0 Å². The fraction of sp³-hybridized carbons (Fsp3) is 0.261. The fourth-order valence-electron chi connectivity index (χ4n) is 3.41. The molecule has 0 aliphatic carbocycles. The summed E-state index contributed by atoms with van der Waals surface area (Å²) in [6, 6.07) is 19.0. The van der Waals surface area contributed by atoms with Crippen LogP contribution in [0.5, 0.6) is 5.75 Å². The second-order valence-electron chi connectivity index (χ2n) is 7.21. The zero-order chi connectivity index (χ0) is 20.9. The number of carbonyl (C=O) groups is 1. The SMILES string of the molecule is O=C(c1ccc(COc2ccc(Br)cc2)o1)N1CCN(Cc2cccc(Cl)c2)CC1. The normalized spacial score (nSPS) is 14.7. The van der Waals surface area contributed by atoms with E-state index in [0.717, 1.165) is 34.9 Å². The highest BCUT2D eigenvalue weighted by Crippen LogP contribution is 2.19. The van der Waals surface area contributed by atoms with Gasteiger partial charge in [-0.2, -0.15) is 0 Å². The van der Waals surface area contributed by atoms with E-state index in [9.17, 15) is 4.79 Å². The lowest BCUT2D eigenvalue weighted by molar-refractivity contribution is 0.0594. The van der Waals surface area contributed by atoms with E-state index >= 15 is 0 Å². The Morgan fingerprint density at radius 1 is 1.03 bits per heavy atom. The molecule has 1 fully saturated rings. The van der Waals surface area contributed by atoms with E-state index in [-0.39, 0.29) is 12.5 Å². The molecule has 2 aromatic carbocycles. The summed E-state index contributed by atoms with van der Waals surface area (Å²) in [5.74, 6) is 1.65. The first kappa shape index (κ1) is 21.0.